The molecule has 3 N–H and O–H groups in total. The molecule has 2 aromatic carbocycles. The predicted octanol–water partition coefficient (Wildman–Crippen LogP) is 2.39. The van der Waals surface area contributed by atoms with Crippen molar-refractivity contribution in [3.63, 3.8) is 0 Å². The van der Waals surface area contributed by atoms with Gasteiger partial charge in [-0.25, -0.2) is 4.39 Å². The molecule has 0 fully saturated rings. The molecule has 98 valence electrons. The van der Waals surface area contributed by atoms with Crippen LogP contribution < -0.4 is 10.6 Å². The van der Waals surface area contributed by atoms with E-state index in [1.54, 1.807) is 24.3 Å². The summed E-state index contributed by atoms with van der Waals surface area (Å²) < 4.78 is 13.6. The van der Waals surface area contributed by atoms with Crippen LogP contribution in [0.5, 0.6) is 5.75 Å². The molecule has 4 nitrogen and oxygen atoms in total. The highest BCUT2D eigenvalue weighted by Crippen LogP contribution is 2.24. The van der Waals surface area contributed by atoms with Gasteiger partial charge < -0.3 is 15.7 Å². The van der Waals surface area contributed by atoms with Crippen LogP contribution in [0.15, 0.2) is 42.5 Å². The molecular formula is C14H13FN2O2. The number of benzene rings is 2. The molecule has 1 amide bonds. The molecule has 0 spiro atoms. The summed E-state index contributed by atoms with van der Waals surface area (Å²) in [7, 11) is 1.49. The Morgan fingerprint density at radius 2 is 1.95 bits per heavy atom. The molecule has 0 bridgehead atoms. The van der Waals surface area contributed by atoms with Gasteiger partial charge in [0.15, 0.2) is 0 Å². The Bertz CT molecular complexity index is 608. The highest BCUT2D eigenvalue weighted by molar-refractivity contribution is 6.07. The zero-order chi connectivity index (χ0) is 14.0. The van der Waals surface area contributed by atoms with Crippen molar-refractivity contribution in [2.75, 3.05) is 17.7 Å². The number of carbonyl (C=O) groups is 1. The number of aromatic hydroxyl groups is 1. The molecule has 19 heavy (non-hydrogen) atoms. The number of carbonyl (C=O) groups excluding carboxylic acids is 1. The van der Waals surface area contributed by atoms with Crippen LogP contribution >= 0.6 is 0 Å². The Kier molecular flexibility index (Phi) is 3.37. The normalized spacial score (nSPS) is 10.2. The molecule has 0 heterocycles. The van der Waals surface area contributed by atoms with Crippen molar-refractivity contribution in [2.45, 2.75) is 0 Å². The van der Waals surface area contributed by atoms with Crippen LogP contribution in [-0.4, -0.2) is 18.1 Å². The molecule has 5 heteroatoms. The lowest BCUT2D eigenvalue weighted by atomic mass is 10.1. The first-order chi connectivity index (χ1) is 9.00. The summed E-state index contributed by atoms with van der Waals surface area (Å²) in [6, 6.07) is 10.4. The molecule has 2 aromatic rings. The standard InChI is InChI=1S/C14H13FN2O2/c1-17(10-5-2-4-9(16)8-10)14(19)13-11(15)6-3-7-12(13)18/h2-8,18H,16H2,1H3. The van der Waals surface area contributed by atoms with Crippen molar-refractivity contribution in [2.24, 2.45) is 0 Å². The van der Waals surface area contributed by atoms with Crippen molar-refractivity contribution in [1.82, 2.24) is 0 Å². The van der Waals surface area contributed by atoms with Crippen LogP contribution in [0.3, 0.4) is 0 Å². The Morgan fingerprint density at radius 3 is 2.58 bits per heavy atom. The van der Waals surface area contributed by atoms with Gasteiger partial charge in [0.05, 0.1) is 0 Å². The van der Waals surface area contributed by atoms with Gasteiger partial charge in [0.25, 0.3) is 5.91 Å². The van der Waals surface area contributed by atoms with E-state index in [0.717, 1.165) is 6.07 Å². The number of nitrogen functional groups attached to an aromatic ring is 1. The molecule has 0 aliphatic carbocycles. The van der Waals surface area contributed by atoms with E-state index in [2.05, 4.69) is 0 Å². The van der Waals surface area contributed by atoms with Crippen LogP contribution in [0.4, 0.5) is 15.8 Å². The van der Waals surface area contributed by atoms with Crippen molar-refractivity contribution >= 4 is 17.3 Å². The Labute approximate surface area is 109 Å². The number of hydrogen-bond donors (Lipinski definition) is 2. The smallest absolute Gasteiger partial charge is 0.264 e. The monoisotopic (exact) mass is 260 g/mol. The maximum Gasteiger partial charge on any atom is 0.264 e. The van der Waals surface area contributed by atoms with Gasteiger partial charge in [-0.05, 0) is 30.3 Å². The second-order valence-corrected chi connectivity index (χ2v) is 4.09. The number of phenols is 1. The largest absolute Gasteiger partial charge is 0.507 e. The van der Waals surface area contributed by atoms with Crippen molar-refractivity contribution in [3.8, 4) is 5.75 Å². The summed E-state index contributed by atoms with van der Waals surface area (Å²) in [6.07, 6.45) is 0. The third-order valence-electron chi connectivity index (χ3n) is 2.77. The topological polar surface area (TPSA) is 66.6 Å². The molecule has 0 aromatic heterocycles. The first-order valence-corrected chi connectivity index (χ1v) is 5.62. The van der Waals surface area contributed by atoms with E-state index < -0.39 is 11.7 Å². The fraction of sp³-hybridized carbons (Fsp3) is 0.0714. The molecule has 0 saturated heterocycles. The highest BCUT2D eigenvalue weighted by atomic mass is 19.1. The van der Waals surface area contributed by atoms with E-state index in [1.807, 2.05) is 0 Å². The third kappa shape index (κ3) is 2.49. The van der Waals surface area contributed by atoms with Gasteiger partial charge in [-0.2, -0.15) is 0 Å². The summed E-state index contributed by atoms with van der Waals surface area (Å²) in [4.78, 5) is 13.4. The minimum atomic E-state index is -0.763. The van der Waals surface area contributed by atoms with E-state index in [0.29, 0.717) is 11.4 Å². The quantitative estimate of drug-likeness (QED) is 0.815. The van der Waals surface area contributed by atoms with Crippen molar-refractivity contribution in [3.05, 3.63) is 53.8 Å². The minimum absolute atomic E-state index is 0.354. The Balaban J connectivity index is 2.39. The van der Waals surface area contributed by atoms with Gasteiger partial charge >= 0.3 is 0 Å². The Hall–Kier alpha value is -2.56. The van der Waals surface area contributed by atoms with Crippen LogP contribution in [0.25, 0.3) is 0 Å². The fourth-order valence-electron chi connectivity index (χ4n) is 1.74. The van der Waals surface area contributed by atoms with Gasteiger partial charge in [-0.3, -0.25) is 4.79 Å². The van der Waals surface area contributed by atoms with Crippen molar-refractivity contribution in [1.29, 1.82) is 0 Å². The first kappa shape index (κ1) is 12.9. The number of nitrogens with two attached hydrogens (primary N) is 1. The maximum atomic E-state index is 13.6. The highest BCUT2D eigenvalue weighted by Gasteiger charge is 2.21. The van der Waals surface area contributed by atoms with Gasteiger partial charge in [0.2, 0.25) is 0 Å². The molecule has 0 radical (unpaired) electrons. The predicted molar refractivity (Wildman–Crippen MR) is 71.7 cm³/mol. The number of amides is 1. The van der Waals surface area contributed by atoms with Crippen LogP contribution in [0.1, 0.15) is 10.4 Å². The average molecular weight is 260 g/mol. The second-order valence-electron chi connectivity index (χ2n) is 4.09. The van der Waals surface area contributed by atoms with E-state index in [-0.39, 0.29) is 11.3 Å². The lowest BCUT2D eigenvalue weighted by molar-refractivity contribution is 0.0986. The lowest BCUT2D eigenvalue weighted by Crippen LogP contribution is -2.27. The molecule has 0 aliphatic rings. The van der Waals surface area contributed by atoms with Crippen molar-refractivity contribution < 1.29 is 14.3 Å². The average Bonchev–Trinajstić information content (AvgIpc) is 2.37. The molecule has 0 aliphatic heterocycles. The Morgan fingerprint density at radius 1 is 1.26 bits per heavy atom. The summed E-state index contributed by atoms with van der Waals surface area (Å²) >= 11 is 0. The number of phenolic OH excluding ortho intramolecular Hbond substituents is 1. The van der Waals surface area contributed by atoms with E-state index in [4.69, 9.17) is 5.73 Å². The molecule has 2 rings (SSSR count). The molecule has 0 unspecified atom stereocenters. The zero-order valence-electron chi connectivity index (χ0n) is 10.3. The SMILES string of the molecule is CN(C(=O)c1c(O)cccc1F)c1cccc(N)c1. The van der Waals surface area contributed by atoms with Gasteiger partial charge in [-0.1, -0.05) is 12.1 Å². The van der Waals surface area contributed by atoms with Gasteiger partial charge in [0.1, 0.15) is 17.1 Å². The lowest BCUT2D eigenvalue weighted by Gasteiger charge is -2.18. The maximum absolute atomic E-state index is 13.6. The number of rotatable bonds is 2. The summed E-state index contributed by atoms with van der Waals surface area (Å²) in [5.41, 5.74) is 6.30. The van der Waals surface area contributed by atoms with Gasteiger partial charge in [0, 0.05) is 18.4 Å². The number of halogens is 1. The number of hydrogen-bond acceptors (Lipinski definition) is 3. The second kappa shape index (κ2) is 4.97. The van der Waals surface area contributed by atoms with Crippen LogP contribution in [-0.2, 0) is 0 Å². The van der Waals surface area contributed by atoms with Crippen LogP contribution in [0, 0.1) is 5.82 Å². The van der Waals surface area contributed by atoms with E-state index in [1.165, 1.54) is 24.1 Å². The van der Waals surface area contributed by atoms with Gasteiger partial charge in [-0.15, -0.1) is 0 Å². The van der Waals surface area contributed by atoms with E-state index >= 15 is 0 Å². The molecule has 0 saturated carbocycles. The minimum Gasteiger partial charge on any atom is -0.507 e. The summed E-state index contributed by atoms with van der Waals surface area (Å²) in [6.45, 7) is 0. The summed E-state index contributed by atoms with van der Waals surface area (Å²) in [5, 5.41) is 9.60. The fourth-order valence-corrected chi connectivity index (χ4v) is 1.74. The number of nitrogens with zero attached hydrogens (tertiary/aromatic N) is 1. The molecule has 0 atom stereocenters. The van der Waals surface area contributed by atoms with E-state index in [9.17, 15) is 14.3 Å². The first-order valence-electron chi connectivity index (χ1n) is 5.62. The zero-order valence-corrected chi connectivity index (χ0v) is 10.3. The number of anilines is 2. The third-order valence-corrected chi connectivity index (χ3v) is 2.77. The summed E-state index contributed by atoms with van der Waals surface area (Å²) in [5.74, 6) is -1.79. The van der Waals surface area contributed by atoms with Crippen LogP contribution in [0.2, 0.25) is 0 Å². The molecular weight excluding hydrogens is 247 g/mol.